The van der Waals surface area contributed by atoms with Crippen LogP contribution in [-0.4, -0.2) is 47.3 Å². The molecule has 0 amide bonds. The number of ether oxygens (including phenoxy) is 2. The molecule has 1 aliphatic rings. The topological polar surface area (TPSA) is 121 Å². The highest BCUT2D eigenvalue weighted by molar-refractivity contribution is 5.97. The quantitative estimate of drug-likeness (QED) is 0.661. The first-order chi connectivity index (χ1) is 13.2. The van der Waals surface area contributed by atoms with Crippen molar-refractivity contribution >= 4 is 35.1 Å². The van der Waals surface area contributed by atoms with E-state index >= 15 is 0 Å². The molecule has 1 aliphatic heterocycles. The summed E-state index contributed by atoms with van der Waals surface area (Å²) in [6.07, 6.45) is 2.36. The van der Waals surface area contributed by atoms with Gasteiger partial charge in [0.1, 0.15) is 23.8 Å². The highest BCUT2D eigenvalue weighted by Crippen LogP contribution is 2.12. The maximum atomic E-state index is 11.9. The van der Waals surface area contributed by atoms with Crippen LogP contribution < -0.4 is 0 Å². The fourth-order valence-electron chi connectivity index (χ4n) is 2.55. The third-order valence-electron chi connectivity index (χ3n) is 3.83. The van der Waals surface area contributed by atoms with E-state index in [4.69, 9.17) is 9.47 Å². The lowest BCUT2D eigenvalue weighted by molar-refractivity contribution is -0.145. The minimum atomic E-state index is -0.804. The molecule has 0 radical (unpaired) electrons. The molecule has 0 saturated heterocycles. The van der Waals surface area contributed by atoms with Crippen molar-refractivity contribution in [3.8, 4) is 0 Å². The van der Waals surface area contributed by atoms with Gasteiger partial charge in [-0.1, -0.05) is 0 Å². The average molecular weight is 392 g/mol. The minimum absolute atomic E-state index is 0.0471. The Bertz CT molecular complexity index is 641. The summed E-state index contributed by atoms with van der Waals surface area (Å²) < 4.78 is 10.3. The SMILES string of the molecule is CC(=O)CC1CCC(=O)/C=C/C(=O)OC(CC(C)=O)CCC(=O)/C=C/C(=O)O1. The summed E-state index contributed by atoms with van der Waals surface area (Å²) in [5.41, 5.74) is 0. The number of cyclic esters (lactones) is 2. The summed E-state index contributed by atoms with van der Waals surface area (Å²) in [6.45, 7) is 2.67. The van der Waals surface area contributed by atoms with Crippen molar-refractivity contribution in [3.05, 3.63) is 24.3 Å². The summed E-state index contributed by atoms with van der Waals surface area (Å²) >= 11 is 0. The van der Waals surface area contributed by atoms with Crippen LogP contribution in [0.5, 0.6) is 0 Å². The molecule has 8 heteroatoms. The number of allylic oxidation sites excluding steroid dienone is 2. The minimum Gasteiger partial charge on any atom is -0.459 e. The van der Waals surface area contributed by atoms with Gasteiger partial charge in [0.2, 0.25) is 0 Å². The van der Waals surface area contributed by atoms with Gasteiger partial charge in [-0.3, -0.25) is 19.2 Å². The molecule has 8 nitrogen and oxygen atoms in total. The molecule has 152 valence electrons. The van der Waals surface area contributed by atoms with Crippen molar-refractivity contribution in [1.82, 2.24) is 0 Å². The monoisotopic (exact) mass is 392 g/mol. The molecule has 0 aromatic carbocycles. The van der Waals surface area contributed by atoms with Crippen molar-refractivity contribution in [2.45, 2.75) is 64.6 Å². The van der Waals surface area contributed by atoms with Gasteiger partial charge in [-0.05, 0) is 38.8 Å². The first-order valence-electron chi connectivity index (χ1n) is 8.97. The second-order valence-corrected chi connectivity index (χ2v) is 6.61. The number of ketones is 4. The third-order valence-corrected chi connectivity index (χ3v) is 3.83. The van der Waals surface area contributed by atoms with Crippen LogP contribution >= 0.6 is 0 Å². The maximum absolute atomic E-state index is 11.9. The van der Waals surface area contributed by atoms with E-state index in [9.17, 15) is 28.8 Å². The van der Waals surface area contributed by atoms with Crippen LogP contribution in [0, 0.1) is 0 Å². The smallest absolute Gasteiger partial charge is 0.331 e. The van der Waals surface area contributed by atoms with Crippen molar-refractivity contribution < 1.29 is 38.2 Å². The summed E-state index contributed by atoms with van der Waals surface area (Å²) in [4.78, 5) is 70.2. The van der Waals surface area contributed by atoms with E-state index in [0.717, 1.165) is 24.3 Å². The Kier molecular flexibility index (Phi) is 9.70. The van der Waals surface area contributed by atoms with Gasteiger partial charge in [0.05, 0.1) is 0 Å². The highest BCUT2D eigenvalue weighted by atomic mass is 16.5. The van der Waals surface area contributed by atoms with Gasteiger partial charge in [-0.25, -0.2) is 9.59 Å². The van der Waals surface area contributed by atoms with Gasteiger partial charge >= 0.3 is 11.9 Å². The number of hydrogen-bond donors (Lipinski definition) is 0. The molecule has 0 aliphatic carbocycles. The van der Waals surface area contributed by atoms with Crippen LogP contribution in [0.25, 0.3) is 0 Å². The molecule has 1 heterocycles. The Morgan fingerprint density at radius 1 is 0.750 bits per heavy atom. The second kappa shape index (κ2) is 11.7. The number of rotatable bonds is 4. The van der Waals surface area contributed by atoms with Crippen LogP contribution in [0.1, 0.15) is 52.4 Å². The summed E-state index contributed by atoms with van der Waals surface area (Å²) in [6, 6.07) is 0. The Morgan fingerprint density at radius 2 is 1.11 bits per heavy atom. The molecular formula is C20H24O8. The summed E-state index contributed by atoms with van der Waals surface area (Å²) in [5, 5.41) is 0. The Labute approximate surface area is 162 Å². The summed E-state index contributed by atoms with van der Waals surface area (Å²) in [5.74, 6) is -2.81. The zero-order valence-electron chi connectivity index (χ0n) is 16.0. The Hall–Kier alpha value is -2.90. The van der Waals surface area contributed by atoms with E-state index in [1.807, 2.05) is 0 Å². The number of carbonyl (C=O) groups is 6. The van der Waals surface area contributed by atoms with Crippen molar-refractivity contribution in [2.75, 3.05) is 0 Å². The maximum Gasteiger partial charge on any atom is 0.331 e. The van der Waals surface area contributed by atoms with E-state index < -0.39 is 35.7 Å². The molecule has 0 fully saturated rings. The molecule has 2 atom stereocenters. The zero-order valence-corrected chi connectivity index (χ0v) is 16.0. The Morgan fingerprint density at radius 3 is 1.43 bits per heavy atom. The lowest BCUT2D eigenvalue weighted by atomic mass is 10.1. The van der Waals surface area contributed by atoms with Gasteiger partial charge in [0, 0.05) is 37.8 Å². The van der Waals surface area contributed by atoms with Crippen LogP contribution in [0.3, 0.4) is 0 Å². The standard InChI is InChI=1S/C20H24O8/c1-13(21)11-17-7-3-15(23)6-10-20(26)28-18(12-14(2)22)8-4-16(24)5-9-19(25)27-17/h5-6,9-10,17-18H,3-4,7-8,11-12H2,1-2H3/b9-5+,10-6+. The van der Waals surface area contributed by atoms with E-state index in [-0.39, 0.29) is 50.1 Å². The normalized spacial score (nSPS) is 24.8. The highest BCUT2D eigenvalue weighted by Gasteiger charge is 2.19. The fourth-order valence-corrected chi connectivity index (χ4v) is 2.55. The molecule has 0 bridgehead atoms. The average Bonchev–Trinajstić information content (AvgIpc) is 2.59. The molecule has 28 heavy (non-hydrogen) atoms. The predicted molar refractivity (Wildman–Crippen MR) is 97.1 cm³/mol. The summed E-state index contributed by atoms with van der Waals surface area (Å²) in [7, 11) is 0. The van der Waals surface area contributed by atoms with Gasteiger partial charge in [-0.15, -0.1) is 0 Å². The molecular weight excluding hydrogens is 368 g/mol. The van der Waals surface area contributed by atoms with Crippen LogP contribution in [-0.2, 0) is 38.2 Å². The van der Waals surface area contributed by atoms with E-state index in [1.54, 1.807) is 0 Å². The third kappa shape index (κ3) is 10.3. The van der Waals surface area contributed by atoms with Gasteiger partial charge in [-0.2, -0.15) is 0 Å². The van der Waals surface area contributed by atoms with Crippen LogP contribution in [0.2, 0.25) is 0 Å². The number of hydrogen-bond acceptors (Lipinski definition) is 8. The molecule has 0 spiro atoms. The molecule has 0 saturated carbocycles. The molecule has 0 aromatic heterocycles. The number of esters is 2. The van der Waals surface area contributed by atoms with Crippen molar-refractivity contribution in [3.63, 3.8) is 0 Å². The molecule has 2 unspecified atom stereocenters. The lowest BCUT2D eigenvalue weighted by Crippen LogP contribution is -2.22. The second-order valence-electron chi connectivity index (χ2n) is 6.61. The van der Waals surface area contributed by atoms with E-state index in [1.165, 1.54) is 13.8 Å². The predicted octanol–water partition coefficient (Wildman–Crippen LogP) is 1.59. The van der Waals surface area contributed by atoms with Crippen molar-refractivity contribution in [2.24, 2.45) is 0 Å². The number of Topliss-reactive ketones (excluding diaryl/α,β-unsaturated/α-hetero) is 2. The number of carbonyl (C=O) groups excluding carboxylic acids is 6. The van der Waals surface area contributed by atoms with E-state index in [2.05, 4.69) is 0 Å². The van der Waals surface area contributed by atoms with Crippen molar-refractivity contribution in [1.29, 1.82) is 0 Å². The zero-order chi connectivity index (χ0) is 21.1. The van der Waals surface area contributed by atoms with Crippen LogP contribution in [0.15, 0.2) is 24.3 Å². The van der Waals surface area contributed by atoms with Gasteiger partial charge in [0.25, 0.3) is 0 Å². The van der Waals surface area contributed by atoms with Gasteiger partial charge < -0.3 is 9.47 Å². The lowest BCUT2D eigenvalue weighted by Gasteiger charge is -2.16. The van der Waals surface area contributed by atoms with Gasteiger partial charge in [0.15, 0.2) is 11.6 Å². The molecule has 0 N–H and O–H groups in total. The Balaban J connectivity index is 2.95. The largest absolute Gasteiger partial charge is 0.459 e. The van der Waals surface area contributed by atoms with E-state index in [0.29, 0.717) is 0 Å². The van der Waals surface area contributed by atoms with Crippen LogP contribution in [0.4, 0.5) is 0 Å². The fraction of sp³-hybridized carbons (Fsp3) is 0.500. The molecule has 0 aromatic rings. The molecule has 1 rings (SSSR count). The first kappa shape index (κ1) is 23.1. The first-order valence-corrected chi connectivity index (χ1v) is 8.97.